The van der Waals surface area contributed by atoms with Crippen LogP contribution in [0.25, 0.3) is 0 Å². The van der Waals surface area contributed by atoms with Gasteiger partial charge in [-0.05, 0) is 39.8 Å². The molecule has 104 valence electrons. The van der Waals surface area contributed by atoms with Crippen molar-refractivity contribution in [2.45, 2.75) is 91.5 Å². The van der Waals surface area contributed by atoms with Crippen molar-refractivity contribution >= 4 is 8.56 Å². The second kappa shape index (κ2) is 9.12. The second-order valence-corrected chi connectivity index (χ2v) is 8.74. The minimum Gasteiger partial charge on any atom is -0.392 e. The van der Waals surface area contributed by atoms with Gasteiger partial charge in [-0.1, -0.05) is 39.5 Å². The Morgan fingerprint density at radius 3 is 1.35 bits per heavy atom. The normalized spacial score (nSPS) is 12.7. The van der Waals surface area contributed by atoms with Gasteiger partial charge in [0.1, 0.15) is 0 Å². The molecule has 2 nitrogen and oxygen atoms in total. The lowest BCUT2D eigenvalue weighted by Crippen LogP contribution is -2.45. The Morgan fingerprint density at radius 1 is 0.765 bits per heavy atom. The van der Waals surface area contributed by atoms with Crippen LogP contribution < -0.4 is 0 Å². The van der Waals surface area contributed by atoms with Crippen molar-refractivity contribution in [2.75, 3.05) is 0 Å². The van der Waals surface area contributed by atoms with Crippen LogP contribution in [0.1, 0.15) is 67.2 Å². The number of hydrogen-bond acceptors (Lipinski definition) is 2. The topological polar surface area (TPSA) is 18.5 Å². The van der Waals surface area contributed by atoms with Crippen molar-refractivity contribution in [3.05, 3.63) is 0 Å². The summed E-state index contributed by atoms with van der Waals surface area (Å²) in [6.45, 7) is 13.0. The molecule has 0 unspecified atom stereocenters. The minimum absolute atomic E-state index is 0.286. The highest BCUT2D eigenvalue weighted by Crippen LogP contribution is 2.27. The predicted octanol–water partition coefficient (Wildman–Crippen LogP) is 4.88. The third-order valence-corrected chi connectivity index (χ3v) is 6.76. The maximum atomic E-state index is 6.27. The molecule has 0 saturated heterocycles. The molecule has 0 aliphatic carbocycles. The molecule has 0 atom stereocenters. The molecule has 0 spiro atoms. The minimum atomic E-state index is -1.96. The summed E-state index contributed by atoms with van der Waals surface area (Å²) < 4.78 is 12.5. The highest BCUT2D eigenvalue weighted by atomic mass is 28.4. The highest BCUT2D eigenvalue weighted by molar-refractivity contribution is 6.67. The SMILES string of the molecule is CCCC[Si](CCCC)(OC(C)C)OC(C)C. The molecule has 0 N–H and O–H groups in total. The fraction of sp³-hybridized carbons (Fsp3) is 1.00. The van der Waals surface area contributed by atoms with E-state index in [9.17, 15) is 0 Å². The van der Waals surface area contributed by atoms with E-state index in [4.69, 9.17) is 8.85 Å². The summed E-state index contributed by atoms with van der Waals surface area (Å²) in [5.74, 6) is 0. The van der Waals surface area contributed by atoms with Crippen molar-refractivity contribution in [3.63, 3.8) is 0 Å². The molecule has 0 aliphatic heterocycles. The maximum absolute atomic E-state index is 6.27. The predicted molar refractivity (Wildman–Crippen MR) is 77.6 cm³/mol. The summed E-state index contributed by atoms with van der Waals surface area (Å²) in [4.78, 5) is 0. The lowest BCUT2D eigenvalue weighted by Gasteiger charge is -2.34. The lowest BCUT2D eigenvalue weighted by atomic mass is 10.4. The molecule has 0 saturated carbocycles. The Morgan fingerprint density at radius 2 is 1.12 bits per heavy atom. The van der Waals surface area contributed by atoms with Gasteiger partial charge in [-0.15, -0.1) is 0 Å². The van der Waals surface area contributed by atoms with Gasteiger partial charge in [-0.3, -0.25) is 0 Å². The zero-order chi connectivity index (χ0) is 13.3. The monoisotopic (exact) mass is 260 g/mol. The summed E-state index contributed by atoms with van der Waals surface area (Å²) in [6, 6.07) is 2.31. The fourth-order valence-electron chi connectivity index (χ4n) is 2.14. The van der Waals surface area contributed by atoms with E-state index in [0.29, 0.717) is 0 Å². The molecule has 17 heavy (non-hydrogen) atoms. The van der Waals surface area contributed by atoms with Gasteiger partial charge >= 0.3 is 8.56 Å². The number of rotatable bonds is 10. The van der Waals surface area contributed by atoms with E-state index in [1.165, 1.54) is 25.7 Å². The van der Waals surface area contributed by atoms with Crippen LogP contribution in [0.4, 0.5) is 0 Å². The Balaban J connectivity index is 4.63. The van der Waals surface area contributed by atoms with Crippen LogP contribution in [0.15, 0.2) is 0 Å². The van der Waals surface area contributed by atoms with Crippen LogP contribution >= 0.6 is 0 Å². The Labute approximate surface area is 109 Å². The summed E-state index contributed by atoms with van der Waals surface area (Å²) in [7, 11) is -1.96. The van der Waals surface area contributed by atoms with Crippen molar-refractivity contribution < 1.29 is 8.85 Å². The van der Waals surface area contributed by atoms with E-state index in [2.05, 4.69) is 41.5 Å². The average Bonchev–Trinajstić information content (AvgIpc) is 2.22. The van der Waals surface area contributed by atoms with Gasteiger partial charge in [0.15, 0.2) is 0 Å². The molecule has 0 aromatic heterocycles. The van der Waals surface area contributed by atoms with Crippen LogP contribution in [0.5, 0.6) is 0 Å². The van der Waals surface area contributed by atoms with Crippen molar-refractivity contribution in [2.24, 2.45) is 0 Å². The van der Waals surface area contributed by atoms with Crippen molar-refractivity contribution in [3.8, 4) is 0 Å². The first-order valence-electron chi connectivity index (χ1n) is 7.31. The summed E-state index contributed by atoms with van der Waals surface area (Å²) >= 11 is 0. The first kappa shape index (κ1) is 17.1. The van der Waals surface area contributed by atoms with E-state index < -0.39 is 8.56 Å². The second-order valence-electron chi connectivity index (χ2n) is 5.45. The standard InChI is InChI=1S/C14H32O2Si/c1-7-9-11-17(12-10-8-2,15-13(3)4)16-14(5)6/h13-14H,7-12H2,1-6H3. The zero-order valence-electron chi connectivity index (χ0n) is 12.7. The molecular weight excluding hydrogens is 228 g/mol. The molecule has 3 heteroatoms. The molecule has 0 radical (unpaired) electrons. The van der Waals surface area contributed by atoms with E-state index in [1.807, 2.05) is 0 Å². The Kier molecular flexibility index (Phi) is 9.19. The van der Waals surface area contributed by atoms with E-state index in [-0.39, 0.29) is 12.2 Å². The highest BCUT2D eigenvalue weighted by Gasteiger charge is 2.38. The summed E-state index contributed by atoms with van der Waals surface area (Å²) in [5.41, 5.74) is 0. The average molecular weight is 260 g/mol. The van der Waals surface area contributed by atoms with Crippen molar-refractivity contribution in [1.29, 1.82) is 0 Å². The van der Waals surface area contributed by atoms with Gasteiger partial charge in [-0.2, -0.15) is 0 Å². The van der Waals surface area contributed by atoms with Gasteiger partial charge in [0, 0.05) is 12.2 Å². The quantitative estimate of drug-likeness (QED) is 0.521. The molecule has 0 rings (SSSR count). The van der Waals surface area contributed by atoms with Crippen LogP contribution in [0, 0.1) is 0 Å². The van der Waals surface area contributed by atoms with Crippen molar-refractivity contribution in [1.82, 2.24) is 0 Å². The third-order valence-electron chi connectivity index (χ3n) is 2.72. The van der Waals surface area contributed by atoms with E-state index >= 15 is 0 Å². The van der Waals surface area contributed by atoms with Crippen LogP contribution in [0.3, 0.4) is 0 Å². The first-order valence-corrected chi connectivity index (χ1v) is 9.54. The molecule has 0 aromatic rings. The molecule has 0 amide bonds. The van der Waals surface area contributed by atoms with Gasteiger partial charge < -0.3 is 8.85 Å². The van der Waals surface area contributed by atoms with E-state index in [1.54, 1.807) is 0 Å². The molecular formula is C14H32O2Si. The smallest absolute Gasteiger partial charge is 0.338 e. The van der Waals surface area contributed by atoms with Crippen LogP contribution in [-0.2, 0) is 8.85 Å². The van der Waals surface area contributed by atoms with Crippen LogP contribution in [-0.4, -0.2) is 20.8 Å². The lowest BCUT2D eigenvalue weighted by molar-refractivity contribution is 0.103. The third kappa shape index (κ3) is 7.95. The summed E-state index contributed by atoms with van der Waals surface area (Å²) in [6.07, 6.45) is 5.49. The van der Waals surface area contributed by atoms with Gasteiger partial charge in [0.25, 0.3) is 0 Å². The first-order chi connectivity index (χ1) is 7.95. The Hall–Kier alpha value is 0.137. The number of unbranched alkanes of at least 4 members (excludes halogenated alkanes) is 2. The Bertz CT molecular complexity index is 161. The van der Waals surface area contributed by atoms with Crippen LogP contribution in [0.2, 0.25) is 12.1 Å². The fourth-order valence-corrected chi connectivity index (χ4v) is 6.42. The molecule has 0 heterocycles. The van der Waals surface area contributed by atoms with E-state index in [0.717, 1.165) is 12.1 Å². The molecule has 0 bridgehead atoms. The maximum Gasteiger partial charge on any atom is 0.338 e. The van der Waals surface area contributed by atoms with Gasteiger partial charge in [0.05, 0.1) is 0 Å². The zero-order valence-corrected chi connectivity index (χ0v) is 13.7. The molecule has 0 fully saturated rings. The van der Waals surface area contributed by atoms with Gasteiger partial charge in [0.2, 0.25) is 0 Å². The largest absolute Gasteiger partial charge is 0.392 e. The van der Waals surface area contributed by atoms with Gasteiger partial charge in [-0.25, -0.2) is 0 Å². The summed E-state index contributed by atoms with van der Waals surface area (Å²) in [5, 5.41) is 0. The molecule has 0 aliphatic rings. The molecule has 0 aromatic carbocycles. The number of hydrogen-bond donors (Lipinski definition) is 0.